The molecule has 1 aromatic rings. The maximum atomic E-state index is 12.1. The number of hydrogen-bond donors (Lipinski definition) is 1. The second kappa shape index (κ2) is 6.02. The zero-order chi connectivity index (χ0) is 14.0. The normalized spacial score (nSPS) is 15.6. The first-order valence-electron chi connectivity index (χ1n) is 6.06. The SMILES string of the molecule is CSc1c(N2CCOCC2)sc(C(=O)N(C)C)c1N. The van der Waals surface area contributed by atoms with E-state index in [1.807, 2.05) is 6.26 Å². The first-order chi connectivity index (χ1) is 9.06. The van der Waals surface area contributed by atoms with Gasteiger partial charge in [0, 0.05) is 27.2 Å². The van der Waals surface area contributed by atoms with Crippen molar-refractivity contribution in [2.75, 3.05) is 57.3 Å². The molecule has 0 atom stereocenters. The van der Waals surface area contributed by atoms with Gasteiger partial charge in [-0.2, -0.15) is 0 Å². The third-order valence-electron chi connectivity index (χ3n) is 2.99. The molecule has 0 aromatic carbocycles. The second-order valence-corrected chi connectivity index (χ2v) is 6.30. The van der Waals surface area contributed by atoms with E-state index in [1.165, 1.54) is 11.3 Å². The van der Waals surface area contributed by atoms with Crippen LogP contribution >= 0.6 is 23.1 Å². The summed E-state index contributed by atoms with van der Waals surface area (Å²) >= 11 is 3.08. The predicted octanol–water partition coefficient (Wildman–Crippen LogP) is 1.59. The number of ether oxygens (including phenoxy) is 1. The topological polar surface area (TPSA) is 58.8 Å². The maximum Gasteiger partial charge on any atom is 0.265 e. The molecule has 2 N–H and O–H groups in total. The summed E-state index contributed by atoms with van der Waals surface area (Å²) in [6, 6.07) is 0. The van der Waals surface area contributed by atoms with Crippen molar-refractivity contribution in [3.63, 3.8) is 0 Å². The summed E-state index contributed by atoms with van der Waals surface area (Å²) in [6.07, 6.45) is 1.99. The zero-order valence-electron chi connectivity index (χ0n) is 11.4. The van der Waals surface area contributed by atoms with E-state index in [-0.39, 0.29) is 5.91 Å². The smallest absolute Gasteiger partial charge is 0.265 e. The number of nitrogens with zero attached hydrogens (tertiary/aromatic N) is 2. The summed E-state index contributed by atoms with van der Waals surface area (Å²) in [5, 5.41) is 1.10. The van der Waals surface area contributed by atoms with Crippen molar-refractivity contribution >= 4 is 39.7 Å². The largest absolute Gasteiger partial charge is 0.396 e. The molecule has 5 nitrogen and oxygen atoms in total. The van der Waals surface area contributed by atoms with Crippen molar-refractivity contribution in [3.05, 3.63) is 4.88 Å². The number of hydrogen-bond acceptors (Lipinski definition) is 6. The van der Waals surface area contributed by atoms with Crippen LogP contribution in [-0.2, 0) is 4.74 Å². The number of carbonyl (C=O) groups excluding carboxylic acids is 1. The lowest BCUT2D eigenvalue weighted by Crippen LogP contribution is -2.35. The quantitative estimate of drug-likeness (QED) is 0.859. The number of carbonyl (C=O) groups is 1. The Labute approximate surface area is 121 Å². The standard InChI is InChI=1S/C12H19N3O2S2/c1-14(2)11(16)9-8(13)10(18-3)12(19-9)15-4-6-17-7-5-15/h4-7,13H2,1-3H3. The van der Waals surface area contributed by atoms with Crippen LogP contribution in [0.1, 0.15) is 9.67 Å². The summed E-state index contributed by atoms with van der Waals surface area (Å²) < 4.78 is 5.37. The molecule has 2 heterocycles. The van der Waals surface area contributed by atoms with Crippen molar-refractivity contribution in [2.24, 2.45) is 0 Å². The van der Waals surface area contributed by atoms with E-state index in [1.54, 1.807) is 30.8 Å². The van der Waals surface area contributed by atoms with Crippen molar-refractivity contribution in [3.8, 4) is 0 Å². The minimum atomic E-state index is -0.0303. The minimum Gasteiger partial charge on any atom is -0.396 e. The fourth-order valence-corrected chi connectivity index (χ4v) is 4.21. The molecule has 106 valence electrons. The van der Waals surface area contributed by atoms with Crippen LogP contribution in [0.4, 0.5) is 10.7 Å². The molecule has 1 aliphatic rings. The molecule has 19 heavy (non-hydrogen) atoms. The van der Waals surface area contributed by atoms with Gasteiger partial charge in [-0.1, -0.05) is 0 Å². The highest BCUT2D eigenvalue weighted by molar-refractivity contribution is 7.99. The Balaban J connectivity index is 2.37. The van der Waals surface area contributed by atoms with Gasteiger partial charge in [-0.15, -0.1) is 23.1 Å². The molecule has 0 saturated carbocycles. The van der Waals surface area contributed by atoms with Crippen LogP contribution in [0.2, 0.25) is 0 Å². The lowest BCUT2D eigenvalue weighted by atomic mass is 10.3. The molecular formula is C12H19N3O2S2. The van der Waals surface area contributed by atoms with Gasteiger partial charge in [0.1, 0.15) is 9.88 Å². The number of anilines is 2. The predicted molar refractivity (Wildman–Crippen MR) is 81.6 cm³/mol. The Kier molecular flexibility index (Phi) is 4.59. The molecular weight excluding hydrogens is 282 g/mol. The number of thioether (sulfide) groups is 1. The van der Waals surface area contributed by atoms with E-state index in [4.69, 9.17) is 10.5 Å². The molecule has 1 aliphatic heterocycles. The van der Waals surface area contributed by atoms with Gasteiger partial charge in [0.2, 0.25) is 0 Å². The lowest BCUT2D eigenvalue weighted by molar-refractivity contribution is 0.0833. The number of amides is 1. The van der Waals surface area contributed by atoms with Crippen LogP contribution in [0.15, 0.2) is 4.90 Å². The highest BCUT2D eigenvalue weighted by atomic mass is 32.2. The van der Waals surface area contributed by atoms with Gasteiger partial charge >= 0.3 is 0 Å². The zero-order valence-corrected chi connectivity index (χ0v) is 13.1. The van der Waals surface area contributed by atoms with Crippen LogP contribution in [-0.4, -0.2) is 57.5 Å². The van der Waals surface area contributed by atoms with Crippen LogP contribution in [0.3, 0.4) is 0 Å². The van der Waals surface area contributed by atoms with Crippen molar-refractivity contribution in [2.45, 2.75) is 4.90 Å². The van der Waals surface area contributed by atoms with E-state index >= 15 is 0 Å². The molecule has 0 spiro atoms. The van der Waals surface area contributed by atoms with E-state index in [0.29, 0.717) is 10.6 Å². The average Bonchev–Trinajstić information content (AvgIpc) is 2.75. The van der Waals surface area contributed by atoms with Crippen molar-refractivity contribution in [1.82, 2.24) is 4.90 Å². The first kappa shape index (κ1) is 14.5. The molecule has 7 heteroatoms. The second-order valence-electron chi connectivity index (χ2n) is 4.48. The molecule has 2 rings (SSSR count). The van der Waals surface area contributed by atoms with Crippen LogP contribution in [0.25, 0.3) is 0 Å². The van der Waals surface area contributed by atoms with Gasteiger partial charge in [-0.3, -0.25) is 4.79 Å². The van der Waals surface area contributed by atoms with E-state index < -0.39 is 0 Å². The third-order valence-corrected chi connectivity index (χ3v) is 5.19. The van der Waals surface area contributed by atoms with Gasteiger partial charge in [-0.05, 0) is 6.26 Å². The summed E-state index contributed by atoms with van der Waals surface area (Å²) in [4.78, 5) is 17.6. The Morgan fingerprint density at radius 1 is 1.42 bits per heavy atom. The summed E-state index contributed by atoms with van der Waals surface area (Å²) in [6.45, 7) is 3.15. The average molecular weight is 301 g/mol. The highest BCUT2D eigenvalue weighted by Crippen LogP contribution is 2.44. The highest BCUT2D eigenvalue weighted by Gasteiger charge is 2.25. The Morgan fingerprint density at radius 2 is 2.05 bits per heavy atom. The van der Waals surface area contributed by atoms with Gasteiger partial charge in [0.25, 0.3) is 5.91 Å². The molecule has 0 bridgehead atoms. The number of rotatable bonds is 3. The molecule has 1 amide bonds. The van der Waals surface area contributed by atoms with Gasteiger partial charge in [0.15, 0.2) is 0 Å². The van der Waals surface area contributed by atoms with Crippen molar-refractivity contribution < 1.29 is 9.53 Å². The molecule has 1 fully saturated rings. The lowest BCUT2D eigenvalue weighted by Gasteiger charge is -2.28. The van der Waals surface area contributed by atoms with Gasteiger partial charge in [-0.25, -0.2) is 0 Å². The Hall–Kier alpha value is -0.920. The number of nitrogen functional groups attached to an aromatic ring is 1. The van der Waals surface area contributed by atoms with Gasteiger partial charge < -0.3 is 20.3 Å². The van der Waals surface area contributed by atoms with Crippen LogP contribution in [0.5, 0.6) is 0 Å². The van der Waals surface area contributed by atoms with E-state index in [2.05, 4.69) is 4.90 Å². The molecule has 0 aliphatic carbocycles. The summed E-state index contributed by atoms with van der Waals surface area (Å²) in [5.41, 5.74) is 6.75. The third kappa shape index (κ3) is 2.82. The molecule has 0 unspecified atom stereocenters. The van der Waals surface area contributed by atoms with Crippen LogP contribution in [0, 0.1) is 0 Å². The van der Waals surface area contributed by atoms with Gasteiger partial charge in [0.05, 0.1) is 23.8 Å². The minimum absolute atomic E-state index is 0.0303. The fourth-order valence-electron chi connectivity index (χ4n) is 1.95. The molecule has 1 saturated heterocycles. The number of nitrogens with two attached hydrogens (primary N) is 1. The Morgan fingerprint density at radius 3 is 2.58 bits per heavy atom. The summed E-state index contributed by atoms with van der Waals surface area (Å²) in [7, 11) is 3.49. The summed E-state index contributed by atoms with van der Waals surface area (Å²) in [5.74, 6) is -0.0303. The Bertz CT molecular complexity index is 468. The molecule has 1 aromatic heterocycles. The molecule has 0 radical (unpaired) electrons. The number of morpholine rings is 1. The maximum absolute atomic E-state index is 12.1. The first-order valence-corrected chi connectivity index (χ1v) is 8.11. The van der Waals surface area contributed by atoms with E-state index in [9.17, 15) is 4.79 Å². The monoisotopic (exact) mass is 301 g/mol. The number of thiophene rings is 1. The fraction of sp³-hybridized carbons (Fsp3) is 0.583. The van der Waals surface area contributed by atoms with E-state index in [0.717, 1.165) is 36.2 Å². The van der Waals surface area contributed by atoms with Crippen molar-refractivity contribution in [1.29, 1.82) is 0 Å². The van der Waals surface area contributed by atoms with Crippen LogP contribution < -0.4 is 10.6 Å².